The zero-order valence-electron chi connectivity index (χ0n) is 19.8. The number of unbranched alkanes of at least 4 members (excludes halogenated alkanes) is 1. The van der Waals surface area contributed by atoms with E-state index in [0.29, 0.717) is 24.9 Å². The van der Waals surface area contributed by atoms with Crippen LogP contribution in [-0.2, 0) is 11.2 Å². The minimum Gasteiger partial charge on any atom is -0.342 e. The summed E-state index contributed by atoms with van der Waals surface area (Å²) in [5.74, 6) is 0.875. The molecule has 1 aliphatic carbocycles. The molecule has 1 unspecified atom stereocenters. The Morgan fingerprint density at radius 3 is 2.13 bits per heavy atom. The van der Waals surface area contributed by atoms with E-state index in [4.69, 9.17) is 0 Å². The van der Waals surface area contributed by atoms with Crippen LogP contribution in [0.5, 0.6) is 0 Å². The molecule has 0 spiro atoms. The number of hydrogen-bond acceptors (Lipinski definition) is 3. The summed E-state index contributed by atoms with van der Waals surface area (Å²) in [5.41, 5.74) is 2.08. The Morgan fingerprint density at radius 1 is 0.968 bits per heavy atom. The fraction of sp³-hybridized carbons (Fsp3) is 0.692. The Labute approximate surface area is 188 Å². The third-order valence-corrected chi connectivity index (χ3v) is 7.19. The van der Waals surface area contributed by atoms with Crippen LogP contribution in [0.4, 0.5) is 0 Å². The molecule has 2 aliphatic rings. The van der Waals surface area contributed by atoms with Crippen LogP contribution in [0, 0.1) is 5.92 Å². The molecule has 5 nitrogen and oxygen atoms in total. The topological polar surface area (TPSA) is 43.9 Å². The number of piperazine rings is 1. The molecule has 1 aromatic rings. The number of carbonyl (C=O) groups excluding carboxylic acids is 2. The molecule has 1 saturated carbocycles. The summed E-state index contributed by atoms with van der Waals surface area (Å²) in [7, 11) is 0. The van der Waals surface area contributed by atoms with Crippen molar-refractivity contribution in [3.63, 3.8) is 0 Å². The van der Waals surface area contributed by atoms with Gasteiger partial charge in [0.2, 0.25) is 5.91 Å². The molecular weight excluding hydrogens is 386 g/mol. The van der Waals surface area contributed by atoms with E-state index in [1.807, 2.05) is 21.9 Å². The van der Waals surface area contributed by atoms with Gasteiger partial charge in [-0.05, 0) is 63.1 Å². The van der Waals surface area contributed by atoms with E-state index in [1.54, 1.807) is 0 Å². The first kappa shape index (κ1) is 23.8. The summed E-state index contributed by atoms with van der Waals surface area (Å²) in [6, 6.07) is 8.13. The minimum atomic E-state index is -0.0162. The minimum absolute atomic E-state index is 0.0162. The summed E-state index contributed by atoms with van der Waals surface area (Å²) in [6.07, 6.45) is 8.22. The largest absolute Gasteiger partial charge is 0.342 e. The second kappa shape index (κ2) is 11.7. The van der Waals surface area contributed by atoms with Crippen LogP contribution in [0.2, 0.25) is 0 Å². The number of nitrogens with zero attached hydrogens (tertiary/aromatic N) is 3. The Hall–Kier alpha value is -1.88. The number of aryl methyl sites for hydroxylation is 1. The predicted molar refractivity (Wildman–Crippen MR) is 126 cm³/mol. The van der Waals surface area contributed by atoms with Crippen LogP contribution in [0.3, 0.4) is 0 Å². The molecular formula is C26H41N3O2. The molecule has 1 heterocycles. The van der Waals surface area contributed by atoms with E-state index >= 15 is 0 Å². The zero-order chi connectivity index (χ0) is 22.2. The number of carbonyl (C=O) groups is 2. The fourth-order valence-corrected chi connectivity index (χ4v) is 5.23. The summed E-state index contributed by atoms with van der Waals surface area (Å²) < 4.78 is 0. The van der Waals surface area contributed by atoms with Crippen molar-refractivity contribution in [2.75, 3.05) is 39.3 Å². The molecule has 1 aromatic carbocycles. The van der Waals surface area contributed by atoms with E-state index in [2.05, 4.69) is 37.8 Å². The third-order valence-electron chi connectivity index (χ3n) is 7.19. The molecule has 0 bridgehead atoms. The number of rotatable bonds is 9. The van der Waals surface area contributed by atoms with Gasteiger partial charge in [0.25, 0.3) is 5.91 Å². The molecule has 1 saturated heterocycles. The Morgan fingerprint density at radius 2 is 1.58 bits per heavy atom. The van der Waals surface area contributed by atoms with E-state index in [0.717, 1.165) is 51.0 Å². The molecule has 5 heteroatoms. The van der Waals surface area contributed by atoms with Gasteiger partial charge in [-0.15, -0.1) is 0 Å². The molecule has 0 radical (unpaired) electrons. The Balaban J connectivity index is 1.62. The van der Waals surface area contributed by atoms with Gasteiger partial charge in [0.15, 0.2) is 0 Å². The van der Waals surface area contributed by atoms with Gasteiger partial charge in [-0.2, -0.15) is 0 Å². The second-order valence-electron chi connectivity index (χ2n) is 9.13. The van der Waals surface area contributed by atoms with Gasteiger partial charge < -0.3 is 9.80 Å². The predicted octanol–water partition coefficient (Wildman–Crippen LogP) is 4.21. The normalized spacial score (nSPS) is 18.9. The van der Waals surface area contributed by atoms with Crippen molar-refractivity contribution in [3.05, 3.63) is 35.4 Å². The van der Waals surface area contributed by atoms with Crippen LogP contribution >= 0.6 is 0 Å². The highest BCUT2D eigenvalue weighted by atomic mass is 16.2. The zero-order valence-corrected chi connectivity index (χ0v) is 19.8. The number of benzene rings is 1. The van der Waals surface area contributed by atoms with E-state index in [9.17, 15) is 9.59 Å². The lowest BCUT2D eigenvalue weighted by atomic mass is 9.94. The summed E-state index contributed by atoms with van der Waals surface area (Å²) >= 11 is 0. The van der Waals surface area contributed by atoms with Gasteiger partial charge in [0, 0.05) is 44.8 Å². The van der Waals surface area contributed by atoms with Crippen LogP contribution < -0.4 is 0 Å². The number of likely N-dealkylation sites (N-methyl/N-ethyl adjacent to an activating group) is 1. The van der Waals surface area contributed by atoms with Crippen molar-refractivity contribution in [3.8, 4) is 0 Å². The van der Waals surface area contributed by atoms with Crippen molar-refractivity contribution in [1.29, 1.82) is 0 Å². The summed E-state index contributed by atoms with van der Waals surface area (Å²) in [4.78, 5) is 32.7. The van der Waals surface area contributed by atoms with Crippen molar-refractivity contribution in [2.45, 2.75) is 71.8 Å². The average Bonchev–Trinajstić information content (AvgIpc) is 3.33. The monoisotopic (exact) mass is 427 g/mol. The molecule has 0 N–H and O–H groups in total. The lowest BCUT2D eigenvalue weighted by Crippen LogP contribution is -2.58. The highest BCUT2D eigenvalue weighted by molar-refractivity contribution is 5.94. The van der Waals surface area contributed by atoms with Gasteiger partial charge in [-0.1, -0.05) is 38.3 Å². The Kier molecular flexibility index (Phi) is 8.94. The molecule has 3 rings (SSSR count). The number of amides is 2. The van der Waals surface area contributed by atoms with Crippen molar-refractivity contribution >= 4 is 11.8 Å². The highest BCUT2D eigenvalue weighted by Gasteiger charge is 2.38. The lowest BCUT2D eigenvalue weighted by Gasteiger charge is -2.42. The first-order valence-electron chi connectivity index (χ1n) is 12.5. The summed E-state index contributed by atoms with van der Waals surface area (Å²) in [5, 5.41) is 0. The van der Waals surface area contributed by atoms with Gasteiger partial charge in [0.05, 0.1) is 6.04 Å². The maximum Gasteiger partial charge on any atom is 0.253 e. The third kappa shape index (κ3) is 5.88. The second-order valence-corrected chi connectivity index (χ2v) is 9.13. The quantitative estimate of drug-likeness (QED) is 0.593. The molecule has 172 valence electrons. The molecule has 31 heavy (non-hydrogen) atoms. The maximum absolute atomic E-state index is 13.3. The lowest BCUT2D eigenvalue weighted by molar-refractivity contribution is -0.139. The van der Waals surface area contributed by atoms with Crippen LogP contribution in [-0.4, -0.2) is 71.8 Å². The maximum atomic E-state index is 13.3. The molecule has 2 fully saturated rings. The smallest absolute Gasteiger partial charge is 0.253 e. The number of hydrogen-bond donors (Lipinski definition) is 0. The Bertz CT molecular complexity index is 700. The highest BCUT2D eigenvalue weighted by Crippen LogP contribution is 2.32. The van der Waals surface area contributed by atoms with Crippen LogP contribution in [0.25, 0.3) is 0 Å². The van der Waals surface area contributed by atoms with Gasteiger partial charge >= 0.3 is 0 Å². The fourth-order valence-electron chi connectivity index (χ4n) is 5.23. The van der Waals surface area contributed by atoms with Crippen molar-refractivity contribution < 1.29 is 9.59 Å². The first-order chi connectivity index (χ1) is 15.1. The van der Waals surface area contributed by atoms with E-state index in [-0.39, 0.29) is 11.9 Å². The van der Waals surface area contributed by atoms with Gasteiger partial charge in [0.1, 0.15) is 0 Å². The molecule has 1 aliphatic heterocycles. The molecule has 2 amide bonds. The summed E-state index contributed by atoms with van der Waals surface area (Å²) in [6.45, 7) is 10.8. The molecule has 0 aromatic heterocycles. The van der Waals surface area contributed by atoms with Crippen LogP contribution in [0.1, 0.15) is 75.2 Å². The molecule has 1 atom stereocenters. The van der Waals surface area contributed by atoms with Crippen LogP contribution in [0.15, 0.2) is 24.3 Å². The van der Waals surface area contributed by atoms with Gasteiger partial charge in [-0.3, -0.25) is 14.5 Å². The average molecular weight is 428 g/mol. The van der Waals surface area contributed by atoms with E-state index in [1.165, 1.54) is 31.2 Å². The van der Waals surface area contributed by atoms with Crippen molar-refractivity contribution in [2.24, 2.45) is 5.92 Å². The van der Waals surface area contributed by atoms with Crippen molar-refractivity contribution in [1.82, 2.24) is 14.7 Å². The van der Waals surface area contributed by atoms with E-state index < -0.39 is 0 Å². The van der Waals surface area contributed by atoms with Gasteiger partial charge in [-0.25, -0.2) is 0 Å². The standard InChI is InChI=1S/C26H41N3O2/c1-4-7-10-21-13-15-23(16-14-21)25(30)29-19-17-28(18-20-29)24(22-11-8-9-12-22)26(31)27(5-2)6-3/h13-16,22,24H,4-12,17-20H2,1-3H3. The first-order valence-corrected chi connectivity index (χ1v) is 12.5. The SMILES string of the molecule is CCCCc1ccc(C(=O)N2CCN(C(C(=O)N(CC)CC)C3CCCC3)CC2)cc1.